The first kappa shape index (κ1) is 10.5. The van der Waals surface area contributed by atoms with Crippen molar-refractivity contribution in [2.45, 2.75) is 18.5 Å². The largest absolute Gasteiger partial charge is 0.316 e. The summed E-state index contributed by atoms with van der Waals surface area (Å²) in [6.45, 7) is 1.10. The molecule has 15 heavy (non-hydrogen) atoms. The number of hydrogen-bond acceptors (Lipinski definition) is 4. The fraction of sp³-hybridized carbons (Fsp3) is 0.556. The SMILES string of the molecule is O=C(Nc1ccns1)C1(F)CCNCC1. The number of rotatable bonds is 2. The van der Waals surface area contributed by atoms with Gasteiger partial charge in [-0.05, 0) is 30.7 Å². The lowest BCUT2D eigenvalue weighted by Gasteiger charge is -2.28. The molecule has 4 nitrogen and oxygen atoms in total. The Hall–Kier alpha value is -1.01. The topological polar surface area (TPSA) is 54.0 Å². The maximum atomic E-state index is 14.1. The average molecular weight is 229 g/mol. The predicted molar refractivity (Wildman–Crippen MR) is 56.7 cm³/mol. The molecular weight excluding hydrogens is 217 g/mol. The highest BCUT2D eigenvalue weighted by molar-refractivity contribution is 7.10. The van der Waals surface area contributed by atoms with Crippen molar-refractivity contribution >= 4 is 22.4 Å². The van der Waals surface area contributed by atoms with Crippen LogP contribution in [0, 0.1) is 0 Å². The van der Waals surface area contributed by atoms with Crippen LogP contribution in [0.5, 0.6) is 0 Å². The van der Waals surface area contributed by atoms with Gasteiger partial charge in [-0.25, -0.2) is 4.39 Å². The van der Waals surface area contributed by atoms with Crippen LogP contribution in [0.25, 0.3) is 0 Å². The molecule has 2 heterocycles. The van der Waals surface area contributed by atoms with Gasteiger partial charge in [0.1, 0.15) is 5.00 Å². The number of alkyl halides is 1. The first-order valence-corrected chi connectivity index (χ1v) is 5.60. The van der Waals surface area contributed by atoms with Gasteiger partial charge in [0.05, 0.1) is 0 Å². The lowest BCUT2D eigenvalue weighted by atomic mass is 9.93. The van der Waals surface area contributed by atoms with E-state index in [9.17, 15) is 9.18 Å². The molecule has 6 heteroatoms. The number of piperidine rings is 1. The summed E-state index contributed by atoms with van der Waals surface area (Å²) in [5, 5.41) is 6.16. The Kier molecular flexibility index (Phi) is 2.97. The monoisotopic (exact) mass is 229 g/mol. The lowest BCUT2D eigenvalue weighted by Crippen LogP contribution is -2.47. The summed E-state index contributed by atoms with van der Waals surface area (Å²) in [6, 6.07) is 1.66. The van der Waals surface area contributed by atoms with Gasteiger partial charge in [0.2, 0.25) is 0 Å². The molecule has 0 unspecified atom stereocenters. The minimum absolute atomic E-state index is 0.234. The maximum absolute atomic E-state index is 14.1. The van der Waals surface area contributed by atoms with E-state index in [2.05, 4.69) is 15.0 Å². The van der Waals surface area contributed by atoms with Crippen LogP contribution in [-0.2, 0) is 4.79 Å². The number of carbonyl (C=O) groups is 1. The molecule has 2 rings (SSSR count). The van der Waals surface area contributed by atoms with Crippen LogP contribution in [0.4, 0.5) is 9.39 Å². The van der Waals surface area contributed by atoms with Gasteiger partial charge in [0.15, 0.2) is 5.67 Å². The summed E-state index contributed by atoms with van der Waals surface area (Å²) in [7, 11) is 0. The second-order valence-electron chi connectivity index (χ2n) is 3.55. The Morgan fingerprint density at radius 2 is 2.33 bits per heavy atom. The number of nitrogens with one attached hydrogen (secondary N) is 2. The predicted octanol–water partition coefficient (Wildman–Crippen LogP) is 1.17. The van der Waals surface area contributed by atoms with Crippen molar-refractivity contribution in [3.8, 4) is 0 Å². The number of anilines is 1. The zero-order valence-electron chi connectivity index (χ0n) is 8.12. The molecule has 82 valence electrons. The summed E-state index contributed by atoms with van der Waals surface area (Å²) in [6.07, 6.45) is 2.04. The van der Waals surface area contributed by atoms with Crippen LogP contribution in [0.2, 0.25) is 0 Å². The molecule has 1 aromatic rings. The fourth-order valence-electron chi connectivity index (χ4n) is 1.55. The van der Waals surface area contributed by atoms with E-state index in [0.29, 0.717) is 18.1 Å². The minimum atomic E-state index is -1.73. The van der Waals surface area contributed by atoms with E-state index < -0.39 is 11.6 Å². The Morgan fingerprint density at radius 3 is 2.93 bits per heavy atom. The zero-order chi connectivity index (χ0) is 10.7. The lowest BCUT2D eigenvalue weighted by molar-refractivity contribution is -0.128. The third-order valence-corrected chi connectivity index (χ3v) is 3.14. The van der Waals surface area contributed by atoms with Crippen molar-refractivity contribution in [2.75, 3.05) is 18.4 Å². The molecule has 0 saturated carbocycles. The molecule has 1 saturated heterocycles. The Labute approximate surface area is 91.0 Å². The molecule has 0 atom stereocenters. The maximum Gasteiger partial charge on any atom is 0.262 e. The highest BCUT2D eigenvalue weighted by Crippen LogP contribution is 2.25. The van der Waals surface area contributed by atoms with Crippen LogP contribution in [0.1, 0.15) is 12.8 Å². The van der Waals surface area contributed by atoms with Gasteiger partial charge in [-0.1, -0.05) is 0 Å². The van der Waals surface area contributed by atoms with E-state index in [0.717, 1.165) is 11.5 Å². The zero-order valence-corrected chi connectivity index (χ0v) is 8.94. The second kappa shape index (κ2) is 4.24. The Bertz CT molecular complexity index is 335. The molecule has 1 aromatic heterocycles. The minimum Gasteiger partial charge on any atom is -0.316 e. The van der Waals surface area contributed by atoms with Crippen LogP contribution < -0.4 is 10.6 Å². The molecule has 0 aliphatic carbocycles. The molecule has 0 radical (unpaired) electrons. The smallest absolute Gasteiger partial charge is 0.262 e. The summed E-state index contributed by atoms with van der Waals surface area (Å²) < 4.78 is 17.9. The third kappa shape index (κ3) is 2.32. The van der Waals surface area contributed by atoms with Gasteiger partial charge in [0.25, 0.3) is 5.91 Å². The summed E-state index contributed by atoms with van der Waals surface area (Å²) >= 11 is 1.15. The fourth-order valence-corrected chi connectivity index (χ4v) is 2.05. The van der Waals surface area contributed by atoms with Crippen LogP contribution in [-0.4, -0.2) is 29.0 Å². The van der Waals surface area contributed by atoms with Crippen molar-refractivity contribution in [1.82, 2.24) is 9.69 Å². The Morgan fingerprint density at radius 1 is 1.60 bits per heavy atom. The van der Waals surface area contributed by atoms with Gasteiger partial charge < -0.3 is 10.6 Å². The number of aromatic nitrogens is 1. The molecule has 2 N–H and O–H groups in total. The van der Waals surface area contributed by atoms with Crippen molar-refractivity contribution in [3.63, 3.8) is 0 Å². The molecule has 0 aromatic carbocycles. The number of halogens is 1. The van der Waals surface area contributed by atoms with Gasteiger partial charge in [-0.15, -0.1) is 0 Å². The molecule has 0 bridgehead atoms. The van der Waals surface area contributed by atoms with E-state index in [-0.39, 0.29) is 12.8 Å². The van der Waals surface area contributed by atoms with Crippen LogP contribution in [0.15, 0.2) is 12.3 Å². The quantitative estimate of drug-likeness (QED) is 0.800. The average Bonchev–Trinajstić information content (AvgIpc) is 2.71. The molecule has 1 aliphatic rings. The molecule has 0 spiro atoms. The van der Waals surface area contributed by atoms with E-state index in [1.54, 1.807) is 12.3 Å². The van der Waals surface area contributed by atoms with Crippen molar-refractivity contribution in [2.24, 2.45) is 0 Å². The number of hydrogen-bond donors (Lipinski definition) is 2. The first-order valence-electron chi connectivity index (χ1n) is 4.82. The third-order valence-electron chi connectivity index (χ3n) is 2.48. The molecule has 1 fully saturated rings. The second-order valence-corrected chi connectivity index (χ2v) is 4.38. The van der Waals surface area contributed by atoms with Crippen LogP contribution in [0.3, 0.4) is 0 Å². The van der Waals surface area contributed by atoms with E-state index >= 15 is 0 Å². The highest BCUT2D eigenvalue weighted by atomic mass is 32.1. The van der Waals surface area contributed by atoms with Crippen molar-refractivity contribution < 1.29 is 9.18 Å². The summed E-state index contributed by atoms with van der Waals surface area (Å²) in [5.74, 6) is -0.548. The normalized spacial score (nSPS) is 19.8. The van der Waals surface area contributed by atoms with Gasteiger partial charge in [-0.3, -0.25) is 4.79 Å². The standard InChI is InChI=1S/C9H12FN3OS/c10-9(2-5-11-6-3-9)8(14)13-7-1-4-12-15-7/h1,4,11H,2-3,5-6H2,(H,13,14). The first-order chi connectivity index (χ1) is 7.21. The van der Waals surface area contributed by atoms with Crippen molar-refractivity contribution in [3.05, 3.63) is 12.3 Å². The van der Waals surface area contributed by atoms with E-state index in [1.807, 2.05) is 0 Å². The van der Waals surface area contributed by atoms with Gasteiger partial charge >= 0.3 is 0 Å². The molecule has 1 amide bonds. The van der Waals surface area contributed by atoms with Crippen molar-refractivity contribution in [1.29, 1.82) is 0 Å². The summed E-state index contributed by atoms with van der Waals surface area (Å²) in [5.41, 5.74) is -1.73. The summed E-state index contributed by atoms with van der Waals surface area (Å²) in [4.78, 5) is 11.7. The Balaban J connectivity index is 2.00. The van der Waals surface area contributed by atoms with Gasteiger partial charge in [-0.2, -0.15) is 4.37 Å². The van der Waals surface area contributed by atoms with E-state index in [1.165, 1.54) is 0 Å². The van der Waals surface area contributed by atoms with Gasteiger partial charge in [0, 0.05) is 19.0 Å². The number of carbonyl (C=O) groups excluding carboxylic acids is 1. The molecular formula is C9H12FN3OS. The highest BCUT2D eigenvalue weighted by Gasteiger charge is 2.39. The number of nitrogens with zero attached hydrogens (tertiary/aromatic N) is 1. The molecule has 1 aliphatic heterocycles. The van der Waals surface area contributed by atoms with E-state index in [4.69, 9.17) is 0 Å². The number of amides is 1. The van der Waals surface area contributed by atoms with Crippen LogP contribution >= 0.6 is 11.5 Å².